The van der Waals surface area contributed by atoms with E-state index >= 15 is 0 Å². The molecule has 5 nitrogen and oxygen atoms in total. The molecule has 30 heavy (non-hydrogen) atoms. The lowest BCUT2D eigenvalue weighted by Gasteiger charge is -2.34. The maximum absolute atomic E-state index is 13.5. The van der Waals surface area contributed by atoms with Crippen molar-refractivity contribution in [2.75, 3.05) is 6.54 Å². The Balaban J connectivity index is 1.52. The molecule has 1 saturated carbocycles. The zero-order valence-electron chi connectivity index (χ0n) is 16.1. The third kappa shape index (κ3) is 3.63. The van der Waals surface area contributed by atoms with E-state index in [9.17, 15) is 23.2 Å². The first-order valence-corrected chi connectivity index (χ1v) is 10.7. The van der Waals surface area contributed by atoms with Gasteiger partial charge in [-0.2, -0.15) is 0 Å². The Hall–Kier alpha value is -2.32. The van der Waals surface area contributed by atoms with E-state index in [0.29, 0.717) is 9.90 Å². The molecule has 2 aromatic rings. The summed E-state index contributed by atoms with van der Waals surface area (Å²) >= 11 is 7.51. The Morgan fingerprint density at radius 2 is 1.87 bits per heavy atom. The summed E-state index contributed by atoms with van der Waals surface area (Å²) in [4.78, 5) is 40.1. The van der Waals surface area contributed by atoms with Crippen molar-refractivity contribution in [3.8, 4) is 10.4 Å². The van der Waals surface area contributed by atoms with Gasteiger partial charge in [0.2, 0.25) is 5.92 Å². The number of hydrogen-bond acceptors (Lipinski definition) is 4. The lowest BCUT2D eigenvalue weighted by Crippen LogP contribution is -2.51. The van der Waals surface area contributed by atoms with E-state index in [4.69, 9.17) is 11.6 Å². The first-order chi connectivity index (χ1) is 14.1. The summed E-state index contributed by atoms with van der Waals surface area (Å²) in [7, 11) is 0. The summed E-state index contributed by atoms with van der Waals surface area (Å²) < 4.78 is 27.0. The third-order valence-corrected chi connectivity index (χ3v) is 7.33. The molecule has 0 bridgehead atoms. The molecular weight excluding hydrogens is 434 g/mol. The lowest BCUT2D eigenvalue weighted by atomic mass is 9.80. The molecule has 1 saturated heterocycles. The van der Waals surface area contributed by atoms with Gasteiger partial charge in [0.15, 0.2) is 5.78 Å². The molecule has 1 N–H and O–H groups in total. The molecule has 158 valence electrons. The Labute approximate surface area is 181 Å². The lowest BCUT2D eigenvalue weighted by molar-refractivity contribution is -0.135. The normalized spacial score (nSPS) is 19.9. The topological polar surface area (TPSA) is 66.5 Å². The average Bonchev–Trinajstić information content (AvgIpc) is 3.18. The number of urea groups is 1. The number of ketones is 1. The van der Waals surface area contributed by atoms with E-state index in [1.165, 1.54) is 11.3 Å². The second kappa shape index (κ2) is 7.42. The predicted molar refractivity (Wildman–Crippen MR) is 110 cm³/mol. The summed E-state index contributed by atoms with van der Waals surface area (Å²) in [6.07, 6.45) is -1.20. The smallest absolute Gasteiger partial charge is 0.323 e. The average molecular weight is 453 g/mol. The summed E-state index contributed by atoms with van der Waals surface area (Å²) in [5, 5.41) is 3.11. The highest BCUT2D eigenvalue weighted by Crippen LogP contribution is 2.41. The van der Waals surface area contributed by atoms with E-state index in [1.807, 2.05) is 25.1 Å². The van der Waals surface area contributed by atoms with Gasteiger partial charge in [-0.05, 0) is 37.5 Å². The number of halogens is 3. The first kappa shape index (κ1) is 20.9. The largest absolute Gasteiger partial charge is 0.325 e. The third-order valence-electron chi connectivity index (χ3n) is 5.69. The van der Waals surface area contributed by atoms with Crippen molar-refractivity contribution < 1.29 is 23.2 Å². The van der Waals surface area contributed by atoms with Crippen LogP contribution in [0.4, 0.5) is 13.6 Å². The van der Waals surface area contributed by atoms with Gasteiger partial charge in [0.1, 0.15) is 5.54 Å². The van der Waals surface area contributed by atoms with Crippen LogP contribution in [0.1, 0.15) is 40.9 Å². The number of rotatable bonds is 4. The number of benzene rings is 1. The number of amides is 3. The number of carbonyl (C=O) groups excluding carboxylic acids is 3. The zero-order chi connectivity index (χ0) is 21.7. The van der Waals surface area contributed by atoms with Crippen LogP contribution in [0, 0.1) is 6.92 Å². The van der Waals surface area contributed by atoms with Crippen LogP contribution >= 0.6 is 22.9 Å². The number of nitrogens with zero attached hydrogens (tertiary/aromatic N) is 1. The number of Topliss-reactive ketones (excluding diaryl/α,β-unsaturated/α-hetero) is 1. The van der Waals surface area contributed by atoms with Crippen LogP contribution in [-0.2, 0) is 4.79 Å². The van der Waals surface area contributed by atoms with Crippen LogP contribution in [0.2, 0.25) is 5.02 Å². The van der Waals surface area contributed by atoms with Gasteiger partial charge in [-0.3, -0.25) is 14.5 Å². The van der Waals surface area contributed by atoms with Gasteiger partial charge in [-0.1, -0.05) is 29.8 Å². The van der Waals surface area contributed by atoms with Gasteiger partial charge >= 0.3 is 6.03 Å². The molecule has 1 aromatic carbocycles. The van der Waals surface area contributed by atoms with Crippen LogP contribution in [-0.4, -0.2) is 40.6 Å². The number of thiophene rings is 1. The highest BCUT2D eigenvalue weighted by molar-refractivity contribution is 7.17. The summed E-state index contributed by atoms with van der Waals surface area (Å²) in [6, 6.07) is 8.28. The van der Waals surface area contributed by atoms with E-state index in [0.717, 1.165) is 20.9 Å². The van der Waals surface area contributed by atoms with E-state index < -0.39 is 42.8 Å². The van der Waals surface area contributed by atoms with E-state index in [2.05, 4.69) is 5.32 Å². The second-order valence-electron chi connectivity index (χ2n) is 7.79. The predicted octanol–water partition coefficient (Wildman–Crippen LogP) is 5.06. The maximum Gasteiger partial charge on any atom is 0.325 e. The molecule has 2 aliphatic rings. The number of nitrogens with one attached hydrogen (secondary N) is 1. The van der Waals surface area contributed by atoms with Gasteiger partial charge in [-0.25, -0.2) is 13.6 Å². The molecule has 1 aromatic heterocycles. The highest BCUT2D eigenvalue weighted by atomic mass is 35.5. The first-order valence-electron chi connectivity index (χ1n) is 9.52. The monoisotopic (exact) mass is 452 g/mol. The molecular formula is C21H19ClF2N2O3S. The molecule has 2 fully saturated rings. The van der Waals surface area contributed by atoms with Gasteiger partial charge in [0, 0.05) is 28.3 Å². The van der Waals surface area contributed by atoms with Crippen LogP contribution in [0.3, 0.4) is 0 Å². The molecule has 0 radical (unpaired) electrons. The Morgan fingerprint density at radius 3 is 2.53 bits per heavy atom. The quantitative estimate of drug-likeness (QED) is 0.521. The molecule has 2 heterocycles. The molecule has 0 unspecified atom stereocenters. The fourth-order valence-corrected chi connectivity index (χ4v) is 5.38. The molecule has 9 heteroatoms. The number of hydrogen-bond donors (Lipinski definition) is 1. The fourth-order valence-electron chi connectivity index (χ4n) is 3.96. The molecule has 3 amide bonds. The van der Waals surface area contributed by atoms with Crippen LogP contribution in [0.5, 0.6) is 0 Å². The van der Waals surface area contributed by atoms with Crippen molar-refractivity contribution >= 4 is 40.7 Å². The zero-order valence-corrected chi connectivity index (χ0v) is 17.7. The van der Waals surface area contributed by atoms with Crippen molar-refractivity contribution in [1.82, 2.24) is 10.2 Å². The SMILES string of the molecule is Cc1cc(C(=O)CN2C(=O)NC3(CCC(F)(F)CC3)C2=O)sc1-c1ccccc1Cl. The molecule has 0 atom stereocenters. The van der Waals surface area contributed by atoms with Crippen molar-refractivity contribution in [3.63, 3.8) is 0 Å². The minimum absolute atomic E-state index is 0.135. The van der Waals surface area contributed by atoms with Crippen molar-refractivity contribution in [2.24, 2.45) is 0 Å². The van der Waals surface area contributed by atoms with E-state index in [1.54, 1.807) is 12.1 Å². The minimum Gasteiger partial charge on any atom is -0.323 e. The Kier molecular flexibility index (Phi) is 5.18. The Bertz CT molecular complexity index is 1040. The number of carbonyl (C=O) groups is 3. The number of imide groups is 1. The molecule has 1 spiro atoms. The minimum atomic E-state index is -2.83. The van der Waals surface area contributed by atoms with Crippen molar-refractivity contribution in [2.45, 2.75) is 44.1 Å². The number of alkyl halides is 2. The summed E-state index contributed by atoms with van der Waals surface area (Å²) in [5.74, 6) is -3.82. The maximum atomic E-state index is 13.5. The van der Waals surface area contributed by atoms with Gasteiger partial charge in [0.05, 0.1) is 11.4 Å². The second-order valence-corrected chi connectivity index (χ2v) is 9.24. The number of aryl methyl sites for hydroxylation is 1. The van der Waals surface area contributed by atoms with Gasteiger partial charge in [-0.15, -0.1) is 11.3 Å². The van der Waals surface area contributed by atoms with E-state index in [-0.39, 0.29) is 18.6 Å². The molecule has 4 rings (SSSR count). The van der Waals surface area contributed by atoms with Gasteiger partial charge in [0.25, 0.3) is 5.91 Å². The van der Waals surface area contributed by atoms with Crippen LogP contribution in [0.15, 0.2) is 30.3 Å². The molecule has 1 aliphatic carbocycles. The highest BCUT2D eigenvalue weighted by Gasteiger charge is 2.55. The Morgan fingerprint density at radius 1 is 1.20 bits per heavy atom. The van der Waals surface area contributed by atoms with Crippen LogP contribution in [0.25, 0.3) is 10.4 Å². The van der Waals surface area contributed by atoms with Crippen molar-refractivity contribution in [3.05, 3.63) is 45.8 Å². The van der Waals surface area contributed by atoms with Crippen LogP contribution < -0.4 is 5.32 Å². The summed E-state index contributed by atoms with van der Waals surface area (Å²) in [5.41, 5.74) is 0.338. The van der Waals surface area contributed by atoms with Crippen molar-refractivity contribution in [1.29, 1.82) is 0 Å². The standard InChI is InChI=1S/C21H19ClF2N2O3S/c1-12-10-16(30-17(12)13-4-2-3-5-14(13)22)15(27)11-26-18(28)20(25-19(26)29)6-8-21(23,24)9-7-20/h2-5,10H,6-9,11H2,1H3,(H,25,29). The van der Waals surface area contributed by atoms with Gasteiger partial charge < -0.3 is 5.32 Å². The summed E-state index contributed by atoms with van der Waals surface area (Å²) in [6.45, 7) is 1.43. The molecule has 1 aliphatic heterocycles. The fraction of sp³-hybridized carbons (Fsp3) is 0.381.